The molecule has 0 aliphatic carbocycles. The fourth-order valence-corrected chi connectivity index (χ4v) is 2.47. The Morgan fingerprint density at radius 2 is 2.17 bits per heavy atom. The molecule has 0 radical (unpaired) electrons. The zero-order chi connectivity index (χ0) is 13.4. The van der Waals surface area contributed by atoms with Crippen LogP contribution in [-0.4, -0.2) is 30.3 Å². The molecule has 0 bridgehead atoms. The van der Waals surface area contributed by atoms with Gasteiger partial charge in [0.25, 0.3) is 0 Å². The predicted molar refractivity (Wildman–Crippen MR) is 73.1 cm³/mol. The van der Waals surface area contributed by atoms with Crippen molar-refractivity contribution in [3.63, 3.8) is 0 Å². The zero-order valence-corrected chi connectivity index (χ0v) is 11.8. The van der Waals surface area contributed by atoms with E-state index in [0.29, 0.717) is 6.10 Å². The van der Waals surface area contributed by atoms with Crippen LogP contribution in [0.5, 0.6) is 0 Å². The lowest BCUT2D eigenvalue weighted by molar-refractivity contribution is -0.136. The molecule has 0 saturated carbocycles. The Morgan fingerprint density at radius 3 is 2.83 bits per heavy atom. The second kappa shape index (κ2) is 8.24. The summed E-state index contributed by atoms with van der Waals surface area (Å²) in [5, 5.41) is 12.0. The number of ether oxygens (including phenoxy) is 1. The van der Waals surface area contributed by atoms with E-state index < -0.39 is 5.97 Å². The van der Waals surface area contributed by atoms with Crippen molar-refractivity contribution in [2.24, 2.45) is 0 Å². The van der Waals surface area contributed by atoms with Crippen LogP contribution in [0.15, 0.2) is 12.1 Å². The predicted octanol–water partition coefficient (Wildman–Crippen LogP) is 2.28. The van der Waals surface area contributed by atoms with E-state index in [-0.39, 0.29) is 6.42 Å². The van der Waals surface area contributed by atoms with Crippen LogP contribution in [0, 0.1) is 0 Å². The molecular formula is C13H21NO3S. The van der Waals surface area contributed by atoms with Crippen LogP contribution in [0.1, 0.15) is 30.0 Å². The number of carbonyl (C=O) groups is 1. The van der Waals surface area contributed by atoms with Gasteiger partial charge < -0.3 is 15.2 Å². The third kappa shape index (κ3) is 6.74. The van der Waals surface area contributed by atoms with Gasteiger partial charge in [-0.25, -0.2) is 0 Å². The molecule has 4 nitrogen and oxygen atoms in total. The third-order valence-corrected chi connectivity index (χ3v) is 3.38. The van der Waals surface area contributed by atoms with E-state index in [1.807, 2.05) is 26.0 Å². The smallest absolute Gasteiger partial charge is 0.308 e. The summed E-state index contributed by atoms with van der Waals surface area (Å²) in [7, 11) is 0. The summed E-state index contributed by atoms with van der Waals surface area (Å²) in [6.45, 7) is 6.55. The molecule has 0 aromatic carbocycles. The Balaban J connectivity index is 2.12. The SMILES string of the molecule is CC(C)OCCCNCc1ccc(CC(=O)O)s1. The average molecular weight is 271 g/mol. The number of aliphatic carboxylic acids is 1. The lowest BCUT2D eigenvalue weighted by atomic mass is 10.3. The van der Waals surface area contributed by atoms with Crippen LogP contribution in [0.25, 0.3) is 0 Å². The van der Waals surface area contributed by atoms with Crippen molar-refractivity contribution in [1.82, 2.24) is 5.32 Å². The fourth-order valence-electron chi connectivity index (χ4n) is 1.49. The summed E-state index contributed by atoms with van der Waals surface area (Å²) in [5.41, 5.74) is 0. The lowest BCUT2D eigenvalue weighted by Crippen LogP contribution is -2.16. The van der Waals surface area contributed by atoms with E-state index in [1.54, 1.807) is 11.3 Å². The molecule has 18 heavy (non-hydrogen) atoms. The molecule has 0 saturated heterocycles. The van der Waals surface area contributed by atoms with Crippen LogP contribution >= 0.6 is 11.3 Å². The van der Waals surface area contributed by atoms with Gasteiger partial charge in [-0.3, -0.25) is 4.79 Å². The Morgan fingerprint density at radius 1 is 1.44 bits per heavy atom. The zero-order valence-electron chi connectivity index (χ0n) is 10.9. The number of thiophene rings is 1. The van der Waals surface area contributed by atoms with Crippen molar-refractivity contribution in [1.29, 1.82) is 0 Å². The van der Waals surface area contributed by atoms with Crippen molar-refractivity contribution in [2.45, 2.75) is 39.3 Å². The molecule has 102 valence electrons. The second-order valence-electron chi connectivity index (χ2n) is 4.39. The molecule has 0 unspecified atom stereocenters. The van der Waals surface area contributed by atoms with Gasteiger partial charge in [0.15, 0.2) is 0 Å². The van der Waals surface area contributed by atoms with Gasteiger partial charge >= 0.3 is 5.97 Å². The lowest BCUT2D eigenvalue weighted by Gasteiger charge is -2.07. The average Bonchev–Trinajstić information content (AvgIpc) is 2.69. The van der Waals surface area contributed by atoms with Crippen molar-refractivity contribution >= 4 is 17.3 Å². The maximum atomic E-state index is 10.5. The number of carboxylic acid groups (broad SMARTS) is 1. The summed E-state index contributed by atoms with van der Waals surface area (Å²) in [4.78, 5) is 12.6. The van der Waals surface area contributed by atoms with Crippen LogP contribution in [0.4, 0.5) is 0 Å². The molecular weight excluding hydrogens is 250 g/mol. The van der Waals surface area contributed by atoms with Gasteiger partial charge in [0.2, 0.25) is 0 Å². The van der Waals surface area contributed by atoms with E-state index >= 15 is 0 Å². The summed E-state index contributed by atoms with van der Waals surface area (Å²) in [6, 6.07) is 3.87. The Bertz CT molecular complexity index is 363. The quantitative estimate of drug-likeness (QED) is 0.677. The maximum Gasteiger partial charge on any atom is 0.308 e. The molecule has 1 aromatic rings. The molecule has 0 atom stereocenters. The summed E-state index contributed by atoms with van der Waals surface area (Å²) in [5.74, 6) is -0.776. The number of hydrogen-bond acceptors (Lipinski definition) is 4. The molecule has 0 amide bonds. The van der Waals surface area contributed by atoms with Gasteiger partial charge in [0.1, 0.15) is 0 Å². The first-order valence-electron chi connectivity index (χ1n) is 6.19. The normalized spacial score (nSPS) is 11.1. The highest BCUT2D eigenvalue weighted by Crippen LogP contribution is 2.16. The minimum absolute atomic E-state index is 0.118. The molecule has 1 aromatic heterocycles. The van der Waals surface area contributed by atoms with E-state index in [2.05, 4.69) is 5.32 Å². The van der Waals surface area contributed by atoms with E-state index in [9.17, 15) is 4.79 Å². The van der Waals surface area contributed by atoms with E-state index in [4.69, 9.17) is 9.84 Å². The van der Waals surface area contributed by atoms with Gasteiger partial charge in [0.05, 0.1) is 12.5 Å². The topological polar surface area (TPSA) is 58.6 Å². The highest BCUT2D eigenvalue weighted by atomic mass is 32.1. The molecule has 0 fully saturated rings. The summed E-state index contributed by atoms with van der Waals surface area (Å²) < 4.78 is 5.44. The first kappa shape index (κ1) is 15.1. The molecule has 1 rings (SSSR count). The van der Waals surface area contributed by atoms with Gasteiger partial charge in [-0.2, -0.15) is 0 Å². The summed E-state index contributed by atoms with van der Waals surface area (Å²) in [6.07, 6.45) is 1.40. The fraction of sp³-hybridized carbons (Fsp3) is 0.615. The maximum absolute atomic E-state index is 10.5. The van der Waals surface area contributed by atoms with Crippen LogP contribution < -0.4 is 5.32 Å². The highest BCUT2D eigenvalue weighted by molar-refractivity contribution is 7.12. The van der Waals surface area contributed by atoms with Crippen molar-refractivity contribution in [3.8, 4) is 0 Å². The number of carboxylic acids is 1. The highest BCUT2D eigenvalue weighted by Gasteiger charge is 2.04. The van der Waals surface area contributed by atoms with Crippen molar-refractivity contribution in [2.75, 3.05) is 13.2 Å². The van der Waals surface area contributed by atoms with Crippen LogP contribution in [0.3, 0.4) is 0 Å². The number of nitrogens with one attached hydrogen (secondary N) is 1. The molecule has 0 aliphatic rings. The minimum atomic E-state index is -0.776. The minimum Gasteiger partial charge on any atom is -0.481 e. The van der Waals surface area contributed by atoms with Crippen LogP contribution in [-0.2, 0) is 22.5 Å². The number of hydrogen-bond donors (Lipinski definition) is 2. The second-order valence-corrected chi connectivity index (χ2v) is 5.64. The molecule has 0 aliphatic heterocycles. The third-order valence-electron chi connectivity index (χ3n) is 2.29. The number of rotatable bonds is 9. The van der Waals surface area contributed by atoms with Crippen molar-refractivity contribution in [3.05, 3.63) is 21.9 Å². The van der Waals surface area contributed by atoms with Gasteiger partial charge in [-0.15, -0.1) is 11.3 Å². The van der Waals surface area contributed by atoms with E-state index in [1.165, 1.54) is 4.88 Å². The molecule has 5 heteroatoms. The summed E-state index contributed by atoms with van der Waals surface area (Å²) >= 11 is 1.56. The van der Waals surface area contributed by atoms with Crippen molar-refractivity contribution < 1.29 is 14.6 Å². The monoisotopic (exact) mass is 271 g/mol. The molecule has 2 N–H and O–H groups in total. The first-order valence-corrected chi connectivity index (χ1v) is 7.01. The van der Waals surface area contributed by atoms with Gasteiger partial charge in [0, 0.05) is 22.9 Å². The molecule has 0 spiro atoms. The standard InChI is InChI=1S/C13H21NO3S/c1-10(2)17-7-3-6-14-9-12-5-4-11(18-12)8-13(15)16/h4-5,10,14H,3,6-9H2,1-2H3,(H,15,16). The molecule has 1 heterocycles. The first-order chi connectivity index (χ1) is 8.58. The van der Waals surface area contributed by atoms with Gasteiger partial charge in [-0.05, 0) is 38.9 Å². The Hall–Kier alpha value is -0.910. The van der Waals surface area contributed by atoms with E-state index in [0.717, 1.165) is 31.0 Å². The van der Waals surface area contributed by atoms with Crippen LogP contribution in [0.2, 0.25) is 0 Å². The van der Waals surface area contributed by atoms with Gasteiger partial charge in [-0.1, -0.05) is 0 Å². The Kier molecular flexibility index (Phi) is 6.93. The largest absolute Gasteiger partial charge is 0.481 e. The Labute approximate surface area is 112 Å².